The molecule has 1 rings (SSSR count). The maximum absolute atomic E-state index is 12.1. The van der Waals surface area contributed by atoms with Crippen LogP contribution in [0.4, 0.5) is 5.69 Å². The highest BCUT2D eigenvalue weighted by molar-refractivity contribution is 7.92. The van der Waals surface area contributed by atoms with Gasteiger partial charge in [-0.3, -0.25) is 9.10 Å². The Balaban J connectivity index is 3.14. The van der Waals surface area contributed by atoms with Gasteiger partial charge < -0.3 is 10.1 Å². The number of hydrogen-bond donors (Lipinski definition) is 1. The number of sulfonamides is 1. The molecule has 0 heterocycles. The predicted octanol–water partition coefficient (Wildman–Crippen LogP) is 1.91. The first-order valence-electron chi connectivity index (χ1n) is 6.39. The third-order valence-electron chi connectivity index (χ3n) is 2.84. The third kappa shape index (κ3) is 5.01. The molecule has 1 aromatic carbocycles. The zero-order valence-corrected chi connectivity index (χ0v) is 14.8. The fourth-order valence-corrected chi connectivity index (χ4v) is 3.46. The molecule has 1 N–H and O–H groups in total. The third-order valence-corrected chi connectivity index (χ3v) is 4.62. The van der Waals surface area contributed by atoms with Gasteiger partial charge in [0.25, 0.3) is 0 Å². The Kier molecular flexibility index (Phi) is 6.93. The predicted molar refractivity (Wildman–Crippen MR) is 88.1 cm³/mol. The molecule has 0 fully saturated rings. The second-order valence-corrected chi connectivity index (χ2v) is 7.32. The van der Waals surface area contributed by atoms with Gasteiger partial charge in [-0.25, -0.2) is 8.42 Å². The molecule has 1 aromatic rings. The molecule has 0 saturated heterocycles. The van der Waals surface area contributed by atoms with Crippen molar-refractivity contribution in [3.8, 4) is 0 Å². The van der Waals surface area contributed by atoms with Crippen molar-refractivity contribution in [2.24, 2.45) is 0 Å². The first kappa shape index (κ1) is 19.0. The fourth-order valence-electron chi connectivity index (χ4n) is 1.86. The van der Waals surface area contributed by atoms with Crippen LogP contribution in [0.1, 0.15) is 6.92 Å². The van der Waals surface area contributed by atoms with Gasteiger partial charge in [-0.1, -0.05) is 23.2 Å². The van der Waals surface area contributed by atoms with Crippen LogP contribution >= 0.6 is 23.2 Å². The van der Waals surface area contributed by atoms with E-state index < -0.39 is 22.0 Å². The summed E-state index contributed by atoms with van der Waals surface area (Å²) in [4.78, 5) is 12.1. The molecule has 0 saturated carbocycles. The Bertz CT molecular complexity index is 637. The number of methoxy groups -OCH3 is 1. The summed E-state index contributed by atoms with van der Waals surface area (Å²) in [5.41, 5.74) is 0.158. The van der Waals surface area contributed by atoms with Crippen LogP contribution in [-0.4, -0.2) is 46.9 Å². The topological polar surface area (TPSA) is 75.7 Å². The summed E-state index contributed by atoms with van der Waals surface area (Å²) in [6.45, 7) is 2.08. The molecule has 0 bridgehead atoms. The molecule has 9 heteroatoms. The number of halogens is 2. The van der Waals surface area contributed by atoms with Crippen LogP contribution in [0.15, 0.2) is 18.2 Å². The number of carbonyl (C=O) groups is 1. The Morgan fingerprint density at radius 3 is 2.59 bits per heavy atom. The lowest BCUT2D eigenvalue weighted by Gasteiger charge is -2.29. The van der Waals surface area contributed by atoms with E-state index in [1.54, 1.807) is 0 Å². The second-order valence-electron chi connectivity index (χ2n) is 4.61. The molecule has 0 aliphatic heterocycles. The molecular formula is C13H18Cl2N2O4S. The molecule has 6 nitrogen and oxygen atoms in total. The summed E-state index contributed by atoms with van der Waals surface area (Å²) in [6, 6.07) is 3.44. The number of carbonyl (C=O) groups excluding carboxylic acids is 1. The number of nitrogens with one attached hydrogen (secondary N) is 1. The Morgan fingerprint density at radius 1 is 1.41 bits per heavy atom. The lowest BCUT2D eigenvalue weighted by atomic mass is 10.2. The van der Waals surface area contributed by atoms with E-state index in [0.29, 0.717) is 11.6 Å². The van der Waals surface area contributed by atoms with Crippen LogP contribution < -0.4 is 9.62 Å². The highest BCUT2D eigenvalue weighted by Gasteiger charge is 2.30. The molecule has 0 spiro atoms. The van der Waals surface area contributed by atoms with E-state index in [9.17, 15) is 13.2 Å². The van der Waals surface area contributed by atoms with Crippen LogP contribution in [0, 0.1) is 0 Å². The van der Waals surface area contributed by atoms with Crippen molar-refractivity contribution < 1.29 is 17.9 Å². The van der Waals surface area contributed by atoms with Gasteiger partial charge in [0.2, 0.25) is 15.9 Å². The van der Waals surface area contributed by atoms with E-state index in [2.05, 4.69) is 5.32 Å². The maximum atomic E-state index is 12.1. The summed E-state index contributed by atoms with van der Waals surface area (Å²) in [6.07, 6.45) is 1.00. The Morgan fingerprint density at radius 2 is 2.05 bits per heavy atom. The van der Waals surface area contributed by atoms with Gasteiger partial charge in [-0.15, -0.1) is 0 Å². The quantitative estimate of drug-likeness (QED) is 0.745. The average Bonchev–Trinajstić information content (AvgIpc) is 2.41. The number of anilines is 1. The second kappa shape index (κ2) is 8.01. The molecular weight excluding hydrogens is 351 g/mol. The van der Waals surface area contributed by atoms with Crippen molar-refractivity contribution in [3.05, 3.63) is 28.2 Å². The van der Waals surface area contributed by atoms with E-state index in [0.717, 1.165) is 10.6 Å². The number of benzene rings is 1. The van der Waals surface area contributed by atoms with Crippen molar-refractivity contribution in [2.45, 2.75) is 13.0 Å². The number of amides is 1. The molecule has 0 aliphatic rings. The first-order valence-corrected chi connectivity index (χ1v) is 9.00. The van der Waals surface area contributed by atoms with Gasteiger partial charge in [0.05, 0.1) is 23.6 Å². The largest absolute Gasteiger partial charge is 0.383 e. The zero-order valence-electron chi connectivity index (χ0n) is 12.5. The van der Waals surface area contributed by atoms with Gasteiger partial charge in [-0.05, 0) is 25.1 Å². The standard InChI is InChI=1S/C13H18Cl2N2O4S/c1-9(13(18)16-6-7-21-2)17(22(3,19)20)12-8-10(14)4-5-11(12)15/h4-5,8-9H,6-7H2,1-3H3,(H,16,18). The normalized spacial score (nSPS) is 12.8. The summed E-state index contributed by atoms with van der Waals surface area (Å²) in [5.74, 6) is -0.460. The molecule has 0 aliphatic carbocycles. The molecule has 0 aromatic heterocycles. The monoisotopic (exact) mass is 368 g/mol. The van der Waals surface area contributed by atoms with Crippen LogP contribution in [0.5, 0.6) is 0 Å². The molecule has 1 unspecified atom stereocenters. The SMILES string of the molecule is COCCNC(=O)C(C)N(c1cc(Cl)ccc1Cl)S(C)(=O)=O. The van der Waals surface area contributed by atoms with Gasteiger partial charge in [0, 0.05) is 18.7 Å². The first-order chi connectivity index (χ1) is 10.2. The highest BCUT2D eigenvalue weighted by atomic mass is 35.5. The summed E-state index contributed by atoms with van der Waals surface area (Å²) < 4.78 is 30.0. The molecule has 124 valence electrons. The minimum Gasteiger partial charge on any atom is -0.383 e. The molecule has 1 amide bonds. The van der Waals surface area contributed by atoms with Crippen LogP contribution in [0.25, 0.3) is 0 Å². The fraction of sp³-hybridized carbons (Fsp3) is 0.462. The number of ether oxygens (including phenoxy) is 1. The Labute approximate surface area is 140 Å². The van der Waals surface area contributed by atoms with E-state index >= 15 is 0 Å². The summed E-state index contributed by atoms with van der Waals surface area (Å²) in [7, 11) is -2.23. The average molecular weight is 369 g/mol. The summed E-state index contributed by atoms with van der Waals surface area (Å²) >= 11 is 12.0. The van der Waals surface area contributed by atoms with Crippen molar-refractivity contribution >= 4 is 44.8 Å². The smallest absolute Gasteiger partial charge is 0.243 e. The minimum atomic E-state index is -3.73. The van der Waals surface area contributed by atoms with Crippen molar-refractivity contribution in [3.63, 3.8) is 0 Å². The van der Waals surface area contributed by atoms with E-state index in [1.807, 2.05) is 0 Å². The zero-order chi connectivity index (χ0) is 16.9. The molecule has 22 heavy (non-hydrogen) atoms. The summed E-state index contributed by atoms with van der Waals surface area (Å²) in [5, 5.41) is 3.10. The van der Waals surface area contributed by atoms with Crippen molar-refractivity contribution in [1.29, 1.82) is 0 Å². The minimum absolute atomic E-state index is 0.158. The number of rotatable bonds is 7. The maximum Gasteiger partial charge on any atom is 0.243 e. The van der Waals surface area contributed by atoms with Crippen LogP contribution in [0.3, 0.4) is 0 Å². The van der Waals surface area contributed by atoms with Gasteiger partial charge in [0.1, 0.15) is 6.04 Å². The molecule has 1 atom stereocenters. The van der Waals surface area contributed by atoms with E-state index in [-0.39, 0.29) is 17.3 Å². The Hall–Kier alpha value is -1.02. The van der Waals surface area contributed by atoms with E-state index in [1.165, 1.54) is 32.2 Å². The van der Waals surface area contributed by atoms with Crippen LogP contribution in [0.2, 0.25) is 10.0 Å². The lowest BCUT2D eigenvalue weighted by molar-refractivity contribution is -0.122. The van der Waals surface area contributed by atoms with Gasteiger partial charge >= 0.3 is 0 Å². The van der Waals surface area contributed by atoms with Gasteiger partial charge in [0.15, 0.2) is 0 Å². The lowest BCUT2D eigenvalue weighted by Crippen LogP contribution is -2.48. The van der Waals surface area contributed by atoms with Gasteiger partial charge in [-0.2, -0.15) is 0 Å². The molecule has 0 radical (unpaired) electrons. The number of nitrogens with zero attached hydrogens (tertiary/aromatic N) is 1. The van der Waals surface area contributed by atoms with Crippen LogP contribution in [-0.2, 0) is 19.6 Å². The van der Waals surface area contributed by atoms with Crippen molar-refractivity contribution in [2.75, 3.05) is 30.8 Å². The van der Waals surface area contributed by atoms with Crippen molar-refractivity contribution in [1.82, 2.24) is 5.32 Å². The number of hydrogen-bond acceptors (Lipinski definition) is 4. The van der Waals surface area contributed by atoms with E-state index in [4.69, 9.17) is 27.9 Å². The highest BCUT2D eigenvalue weighted by Crippen LogP contribution is 2.32.